The molecule has 0 heterocycles. The van der Waals surface area contributed by atoms with E-state index in [0.717, 1.165) is 6.07 Å². The fourth-order valence-electron chi connectivity index (χ4n) is 0.941. The maximum absolute atomic E-state index is 13.2. The summed E-state index contributed by atoms with van der Waals surface area (Å²) in [5, 5.41) is 17.7. The molecule has 1 aromatic carbocycles. The Kier molecular flexibility index (Phi) is 2.95. The van der Waals surface area contributed by atoms with Crippen molar-refractivity contribution in [1.29, 1.82) is 0 Å². The summed E-state index contributed by atoms with van der Waals surface area (Å²) in [6.45, 7) is 0. The predicted octanol–water partition coefficient (Wildman–Crippen LogP) is 2.00. The van der Waals surface area contributed by atoms with Gasteiger partial charge in [-0.25, -0.2) is 4.79 Å². The van der Waals surface area contributed by atoms with Gasteiger partial charge in [-0.15, -0.1) is 0 Å². The van der Waals surface area contributed by atoms with Gasteiger partial charge >= 0.3 is 5.97 Å². The maximum atomic E-state index is 13.2. The lowest BCUT2D eigenvalue weighted by molar-refractivity contribution is 0.0692. The third-order valence-electron chi connectivity index (χ3n) is 1.58. The van der Waals surface area contributed by atoms with Crippen molar-refractivity contribution in [2.45, 2.75) is 0 Å². The number of hydrogen-bond acceptors (Lipinski definition) is 3. The molecule has 0 aliphatic carbocycles. The van der Waals surface area contributed by atoms with Crippen molar-refractivity contribution < 1.29 is 24.1 Å². The zero-order valence-corrected chi connectivity index (χ0v) is 8.63. The molecule has 0 fully saturated rings. The van der Waals surface area contributed by atoms with E-state index < -0.39 is 23.1 Å². The molecule has 0 spiro atoms. The highest BCUT2D eigenvalue weighted by Crippen LogP contribution is 2.36. The summed E-state index contributed by atoms with van der Waals surface area (Å²) in [5.41, 5.74) is -0.518. The molecule has 0 aliphatic rings. The van der Waals surface area contributed by atoms with Gasteiger partial charge in [0.15, 0.2) is 11.5 Å². The number of halogens is 2. The molecule has 0 saturated heterocycles. The molecule has 0 saturated carbocycles. The zero-order valence-electron chi connectivity index (χ0n) is 7.04. The van der Waals surface area contributed by atoms with Gasteiger partial charge in [-0.05, 0) is 22.0 Å². The fraction of sp³-hybridized carbons (Fsp3) is 0.125. The van der Waals surface area contributed by atoms with Gasteiger partial charge in [-0.3, -0.25) is 0 Å². The number of carboxylic acids is 1. The first-order valence-corrected chi connectivity index (χ1v) is 4.26. The average molecular weight is 265 g/mol. The fourth-order valence-corrected chi connectivity index (χ4v) is 1.51. The maximum Gasteiger partial charge on any atom is 0.339 e. The zero-order chi connectivity index (χ0) is 10.9. The van der Waals surface area contributed by atoms with E-state index in [-0.39, 0.29) is 10.2 Å². The number of carbonyl (C=O) groups is 1. The number of carboxylic acid groups (broad SMARTS) is 1. The quantitative estimate of drug-likeness (QED) is 0.858. The Hall–Kier alpha value is -1.30. The first-order valence-electron chi connectivity index (χ1n) is 3.47. The molecule has 0 aromatic heterocycles. The van der Waals surface area contributed by atoms with Crippen molar-refractivity contribution in [3.8, 4) is 11.5 Å². The number of aromatic carboxylic acids is 1. The molecule has 0 unspecified atom stereocenters. The van der Waals surface area contributed by atoms with Crippen LogP contribution in [0.15, 0.2) is 10.5 Å². The van der Waals surface area contributed by atoms with Crippen LogP contribution < -0.4 is 4.74 Å². The van der Waals surface area contributed by atoms with Gasteiger partial charge in [0.2, 0.25) is 5.82 Å². The molecule has 1 rings (SSSR count). The molecule has 0 amide bonds. The number of ether oxygens (including phenoxy) is 1. The Bertz CT molecular complexity index is 391. The summed E-state index contributed by atoms with van der Waals surface area (Å²) in [5.74, 6) is -3.67. The summed E-state index contributed by atoms with van der Waals surface area (Å²) in [6, 6.07) is 1.07. The molecule has 0 aliphatic heterocycles. The highest BCUT2D eigenvalue weighted by Gasteiger charge is 2.20. The minimum absolute atomic E-state index is 0.132. The molecular weight excluding hydrogens is 259 g/mol. The molecule has 1 aromatic rings. The second kappa shape index (κ2) is 3.83. The van der Waals surface area contributed by atoms with Crippen LogP contribution in [0.25, 0.3) is 0 Å². The van der Waals surface area contributed by atoms with E-state index in [1.54, 1.807) is 0 Å². The number of phenols is 1. The Morgan fingerprint density at radius 1 is 1.64 bits per heavy atom. The normalized spacial score (nSPS) is 9.93. The van der Waals surface area contributed by atoms with Gasteiger partial charge in [-0.2, -0.15) is 4.39 Å². The van der Waals surface area contributed by atoms with Crippen LogP contribution in [0.4, 0.5) is 4.39 Å². The van der Waals surface area contributed by atoms with Crippen LogP contribution in [0.2, 0.25) is 0 Å². The number of aromatic hydroxyl groups is 1. The lowest BCUT2D eigenvalue weighted by Gasteiger charge is -2.08. The van der Waals surface area contributed by atoms with Gasteiger partial charge in [0.25, 0.3) is 0 Å². The number of methoxy groups -OCH3 is 1. The molecule has 0 radical (unpaired) electrons. The Morgan fingerprint density at radius 2 is 2.21 bits per heavy atom. The summed E-state index contributed by atoms with van der Waals surface area (Å²) < 4.78 is 18.0. The van der Waals surface area contributed by atoms with Gasteiger partial charge < -0.3 is 14.9 Å². The SMILES string of the molecule is COc1c(Br)cc(C(=O)O)c(O)c1F. The molecule has 2 N–H and O–H groups in total. The molecule has 14 heavy (non-hydrogen) atoms. The van der Waals surface area contributed by atoms with Crippen molar-refractivity contribution >= 4 is 21.9 Å². The van der Waals surface area contributed by atoms with Crippen LogP contribution in [-0.2, 0) is 0 Å². The van der Waals surface area contributed by atoms with E-state index in [2.05, 4.69) is 20.7 Å². The second-order valence-electron chi connectivity index (χ2n) is 2.41. The van der Waals surface area contributed by atoms with E-state index in [1.807, 2.05) is 0 Å². The van der Waals surface area contributed by atoms with Crippen molar-refractivity contribution in [3.63, 3.8) is 0 Å². The van der Waals surface area contributed by atoms with Gasteiger partial charge in [0, 0.05) is 0 Å². The summed E-state index contributed by atoms with van der Waals surface area (Å²) in [4.78, 5) is 10.5. The summed E-state index contributed by atoms with van der Waals surface area (Å²) in [6.07, 6.45) is 0. The van der Waals surface area contributed by atoms with Crippen LogP contribution >= 0.6 is 15.9 Å². The van der Waals surface area contributed by atoms with Crippen LogP contribution in [0.1, 0.15) is 10.4 Å². The third-order valence-corrected chi connectivity index (χ3v) is 2.17. The van der Waals surface area contributed by atoms with Crippen molar-refractivity contribution in [2.24, 2.45) is 0 Å². The van der Waals surface area contributed by atoms with E-state index in [4.69, 9.17) is 10.2 Å². The molecule has 6 heteroatoms. The first kappa shape index (κ1) is 10.8. The Morgan fingerprint density at radius 3 is 2.64 bits per heavy atom. The molecule has 76 valence electrons. The second-order valence-corrected chi connectivity index (χ2v) is 3.26. The molecule has 4 nitrogen and oxygen atoms in total. The Labute approximate surface area is 87.1 Å². The molecule has 0 atom stereocenters. The lowest BCUT2D eigenvalue weighted by atomic mass is 10.2. The lowest BCUT2D eigenvalue weighted by Crippen LogP contribution is -2.00. The Balaban J connectivity index is 3.47. The van der Waals surface area contributed by atoms with E-state index in [9.17, 15) is 9.18 Å². The number of benzene rings is 1. The predicted molar refractivity (Wildman–Crippen MR) is 49.3 cm³/mol. The van der Waals surface area contributed by atoms with Gasteiger partial charge in [0.05, 0.1) is 11.6 Å². The highest BCUT2D eigenvalue weighted by molar-refractivity contribution is 9.10. The minimum atomic E-state index is -1.41. The van der Waals surface area contributed by atoms with E-state index >= 15 is 0 Å². The van der Waals surface area contributed by atoms with Crippen LogP contribution in [-0.4, -0.2) is 23.3 Å². The first-order chi connectivity index (χ1) is 6.49. The monoisotopic (exact) mass is 264 g/mol. The third kappa shape index (κ3) is 1.65. The standard InChI is InChI=1S/C8H6BrFO4/c1-14-7-4(9)2-3(8(12)13)6(11)5(7)10/h2,11H,1H3,(H,12,13). The topological polar surface area (TPSA) is 66.8 Å². The summed E-state index contributed by atoms with van der Waals surface area (Å²) in [7, 11) is 1.21. The molecular formula is C8H6BrFO4. The van der Waals surface area contributed by atoms with E-state index in [0.29, 0.717) is 0 Å². The summed E-state index contributed by atoms with van der Waals surface area (Å²) >= 11 is 2.92. The average Bonchev–Trinajstić information content (AvgIpc) is 2.12. The van der Waals surface area contributed by atoms with Crippen LogP contribution in [0.5, 0.6) is 11.5 Å². The van der Waals surface area contributed by atoms with Crippen molar-refractivity contribution in [3.05, 3.63) is 21.9 Å². The molecule has 0 bridgehead atoms. The highest BCUT2D eigenvalue weighted by atomic mass is 79.9. The number of hydrogen-bond donors (Lipinski definition) is 2. The van der Waals surface area contributed by atoms with Gasteiger partial charge in [-0.1, -0.05) is 0 Å². The largest absolute Gasteiger partial charge is 0.504 e. The number of rotatable bonds is 2. The van der Waals surface area contributed by atoms with Crippen LogP contribution in [0, 0.1) is 5.82 Å². The van der Waals surface area contributed by atoms with Crippen molar-refractivity contribution in [2.75, 3.05) is 7.11 Å². The van der Waals surface area contributed by atoms with E-state index in [1.165, 1.54) is 7.11 Å². The minimum Gasteiger partial charge on any atom is -0.504 e. The smallest absolute Gasteiger partial charge is 0.339 e. The van der Waals surface area contributed by atoms with Crippen LogP contribution in [0.3, 0.4) is 0 Å². The van der Waals surface area contributed by atoms with Crippen molar-refractivity contribution in [1.82, 2.24) is 0 Å². The van der Waals surface area contributed by atoms with Gasteiger partial charge in [0.1, 0.15) is 5.56 Å².